The SMILES string of the molecule is COc1ccccc1C(=O)Nc1ccc(OC(=O)C(C)N2C(=O)NC3(CCCC3)C2=O)cc1. The van der Waals surface area contributed by atoms with Crippen LogP contribution in [0.1, 0.15) is 43.0 Å². The minimum Gasteiger partial charge on any atom is -0.496 e. The predicted molar refractivity (Wildman–Crippen MR) is 119 cm³/mol. The third-order valence-electron chi connectivity index (χ3n) is 6.06. The molecule has 4 amide bonds. The van der Waals surface area contributed by atoms with Gasteiger partial charge in [-0.25, -0.2) is 14.5 Å². The third-order valence-corrected chi connectivity index (χ3v) is 6.06. The predicted octanol–water partition coefficient (Wildman–Crippen LogP) is 3.11. The van der Waals surface area contributed by atoms with E-state index >= 15 is 0 Å². The highest BCUT2D eigenvalue weighted by Gasteiger charge is 2.54. The van der Waals surface area contributed by atoms with Gasteiger partial charge in [0.25, 0.3) is 11.8 Å². The monoisotopic (exact) mass is 451 g/mol. The molecule has 1 saturated carbocycles. The van der Waals surface area contributed by atoms with Gasteiger partial charge in [-0.15, -0.1) is 0 Å². The van der Waals surface area contributed by atoms with E-state index in [0.29, 0.717) is 29.8 Å². The number of rotatable bonds is 6. The Hall–Kier alpha value is -3.88. The number of hydrogen-bond acceptors (Lipinski definition) is 6. The minimum absolute atomic E-state index is 0.227. The van der Waals surface area contributed by atoms with Crippen molar-refractivity contribution < 1.29 is 28.7 Å². The summed E-state index contributed by atoms with van der Waals surface area (Å²) in [5, 5.41) is 5.51. The van der Waals surface area contributed by atoms with E-state index in [0.717, 1.165) is 17.7 Å². The van der Waals surface area contributed by atoms with Gasteiger partial charge in [0.15, 0.2) is 0 Å². The summed E-state index contributed by atoms with van der Waals surface area (Å²) in [6, 6.07) is 11.4. The molecule has 2 aromatic rings. The van der Waals surface area contributed by atoms with Crippen molar-refractivity contribution in [1.82, 2.24) is 10.2 Å². The van der Waals surface area contributed by atoms with Gasteiger partial charge in [0.1, 0.15) is 23.1 Å². The number of benzene rings is 2. The molecular weight excluding hydrogens is 426 g/mol. The largest absolute Gasteiger partial charge is 0.496 e. The van der Waals surface area contributed by atoms with Crippen molar-refractivity contribution in [1.29, 1.82) is 0 Å². The maximum Gasteiger partial charge on any atom is 0.334 e. The van der Waals surface area contributed by atoms with E-state index < -0.39 is 23.6 Å². The molecule has 2 fully saturated rings. The lowest BCUT2D eigenvalue weighted by atomic mass is 9.98. The molecule has 9 heteroatoms. The summed E-state index contributed by atoms with van der Waals surface area (Å²) in [6.07, 6.45) is 2.88. The number of carbonyl (C=O) groups excluding carboxylic acids is 4. The number of hydrogen-bond donors (Lipinski definition) is 2. The second-order valence-electron chi connectivity index (χ2n) is 8.17. The lowest BCUT2D eigenvalue weighted by Crippen LogP contribution is -2.47. The summed E-state index contributed by atoms with van der Waals surface area (Å²) in [6.45, 7) is 1.47. The normalized spacial score (nSPS) is 17.6. The van der Waals surface area contributed by atoms with Gasteiger partial charge in [-0.05, 0) is 56.2 Å². The van der Waals surface area contributed by atoms with Crippen LogP contribution >= 0.6 is 0 Å². The zero-order valence-electron chi connectivity index (χ0n) is 18.4. The van der Waals surface area contributed by atoms with Crippen LogP contribution in [0.2, 0.25) is 0 Å². The van der Waals surface area contributed by atoms with Crippen molar-refractivity contribution in [3.8, 4) is 11.5 Å². The molecular formula is C24H25N3O6. The molecule has 1 aliphatic carbocycles. The first kappa shape index (κ1) is 22.3. The topological polar surface area (TPSA) is 114 Å². The van der Waals surface area contributed by atoms with Crippen LogP contribution < -0.4 is 20.1 Å². The number of methoxy groups -OCH3 is 1. The standard InChI is InChI=1S/C24H25N3O6/c1-15(27-22(30)24(26-23(27)31)13-5-6-14-24)21(29)33-17-11-9-16(10-12-17)25-20(28)18-7-3-4-8-19(18)32-2/h3-4,7-12,15H,5-6,13-14H2,1-2H3,(H,25,28)(H,26,31). The van der Waals surface area contributed by atoms with E-state index in [1.54, 1.807) is 36.4 Å². The Balaban J connectivity index is 1.38. The molecule has 33 heavy (non-hydrogen) atoms. The van der Waals surface area contributed by atoms with Crippen LogP contribution in [-0.2, 0) is 9.59 Å². The van der Waals surface area contributed by atoms with E-state index in [1.165, 1.54) is 26.2 Å². The van der Waals surface area contributed by atoms with Crippen LogP contribution in [-0.4, -0.2) is 47.4 Å². The van der Waals surface area contributed by atoms with Crippen LogP contribution in [0.15, 0.2) is 48.5 Å². The molecule has 2 aromatic carbocycles. The summed E-state index contributed by atoms with van der Waals surface area (Å²) < 4.78 is 10.6. The van der Waals surface area contributed by atoms with Crippen LogP contribution in [0.25, 0.3) is 0 Å². The highest BCUT2D eigenvalue weighted by molar-refractivity contribution is 6.09. The summed E-state index contributed by atoms with van der Waals surface area (Å²) in [4.78, 5) is 51.3. The summed E-state index contributed by atoms with van der Waals surface area (Å²) in [7, 11) is 1.49. The average molecular weight is 451 g/mol. The van der Waals surface area contributed by atoms with E-state index in [4.69, 9.17) is 9.47 Å². The van der Waals surface area contributed by atoms with E-state index in [9.17, 15) is 19.2 Å². The average Bonchev–Trinajstić information content (AvgIpc) is 3.38. The Labute approximate surface area is 191 Å². The molecule has 1 saturated heterocycles. The van der Waals surface area contributed by atoms with E-state index in [-0.39, 0.29) is 17.6 Å². The Bertz CT molecular complexity index is 1090. The smallest absolute Gasteiger partial charge is 0.334 e. The number of nitrogens with one attached hydrogen (secondary N) is 2. The fourth-order valence-corrected chi connectivity index (χ4v) is 4.25. The number of esters is 1. The van der Waals surface area contributed by atoms with Crippen molar-refractivity contribution >= 4 is 29.5 Å². The Morgan fingerprint density at radius 2 is 1.73 bits per heavy atom. The van der Waals surface area contributed by atoms with Crippen molar-refractivity contribution in [3.63, 3.8) is 0 Å². The van der Waals surface area contributed by atoms with Crippen LogP contribution in [0.3, 0.4) is 0 Å². The van der Waals surface area contributed by atoms with Gasteiger partial charge < -0.3 is 20.1 Å². The fourth-order valence-electron chi connectivity index (χ4n) is 4.25. The molecule has 1 atom stereocenters. The molecule has 1 unspecified atom stereocenters. The number of carbonyl (C=O) groups is 4. The van der Waals surface area contributed by atoms with Crippen molar-refractivity contribution in [3.05, 3.63) is 54.1 Å². The first-order valence-electron chi connectivity index (χ1n) is 10.8. The number of para-hydroxylation sites is 1. The summed E-state index contributed by atoms with van der Waals surface area (Å²) in [5.74, 6) is -0.757. The van der Waals surface area contributed by atoms with Crippen molar-refractivity contribution in [2.24, 2.45) is 0 Å². The van der Waals surface area contributed by atoms with Gasteiger partial charge in [-0.2, -0.15) is 0 Å². The highest BCUT2D eigenvalue weighted by Crippen LogP contribution is 2.36. The zero-order valence-corrected chi connectivity index (χ0v) is 18.4. The second kappa shape index (κ2) is 8.93. The van der Waals surface area contributed by atoms with Gasteiger partial charge in [-0.1, -0.05) is 25.0 Å². The second-order valence-corrected chi connectivity index (χ2v) is 8.17. The van der Waals surface area contributed by atoms with Gasteiger partial charge in [0, 0.05) is 5.69 Å². The number of amides is 4. The van der Waals surface area contributed by atoms with Crippen LogP contribution in [0.4, 0.5) is 10.5 Å². The van der Waals surface area contributed by atoms with Gasteiger partial charge in [0.2, 0.25) is 0 Å². The molecule has 2 aliphatic rings. The van der Waals surface area contributed by atoms with Gasteiger partial charge >= 0.3 is 12.0 Å². The molecule has 0 aromatic heterocycles. The summed E-state index contributed by atoms with van der Waals surface area (Å²) >= 11 is 0. The molecule has 2 N–H and O–H groups in total. The highest BCUT2D eigenvalue weighted by atomic mass is 16.5. The Morgan fingerprint density at radius 1 is 1.06 bits per heavy atom. The quantitative estimate of drug-likeness (QED) is 0.396. The molecule has 4 rings (SSSR count). The van der Waals surface area contributed by atoms with Crippen LogP contribution in [0.5, 0.6) is 11.5 Å². The number of ether oxygens (including phenoxy) is 2. The molecule has 0 bridgehead atoms. The minimum atomic E-state index is -1.07. The Morgan fingerprint density at radius 3 is 2.39 bits per heavy atom. The zero-order chi connectivity index (χ0) is 23.6. The molecule has 172 valence electrons. The van der Waals surface area contributed by atoms with Gasteiger partial charge in [-0.3, -0.25) is 9.59 Å². The molecule has 1 aliphatic heterocycles. The molecule has 0 radical (unpaired) electrons. The number of imide groups is 1. The lowest BCUT2D eigenvalue weighted by Gasteiger charge is -2.23. The first-order valence-corrected chi connectivity index (χ1v) is 10.8. The number of nitrogens with zero attached hydrogens (tertiary/aromatic N) is 1. The summed E-state index contributed by atoms with van der Waals surface area (Å²) in [5.41, 5.74) is 0.00125. The molecule has 1 heterocycles. The maximum absolute atomic E-state index is 12.8. The third kappa shape index (κ3) is 4.26. The number of urea groups is 1. The van der Waals surface area contributed by atoms with Crippen molar-refractivity contribution in [2.45, 2.75) is 44.2 Å². The first-order chi connectivity index (χ1) is 15.8. The maximum atomic E-state index is 12.8. The van der Waals surface area contributed by atoms with E-state index in [1.807, 2.05) is 0 Å². The molecule has 9 nitrogen and oxygen atoms in total. The number of anilines is 1. The lowest BCUT2D eigenvalue weighted by molar-refractivity contribution is -0.145. The Kier molecular flexibility index (Phi) is 6.04. The van der Waals surface area contributed by atoms with Crippen LogP contribution in [0, 0.1) is 0 Å². The fraction of sp³-hybridized carbons (Fsp3) is 0.333. The van der Waals surface area contributed by atoms with E-state index in [2.05, 4.69) is 10.6 Å². The van der Waals surface area contributed by atoms with Gasteiger partial charge in [0.05, 0.1) is 12.7 Å². The van der Waals surface area contributed by atoms with Crippen molar-refractivity contribution in [2.75, 3.05) is 12.4 Å². The molecule has 1 spiro atoms.